The van der Waals surface area contributed by atoms with E-state index in [0.717, 1.165) is 41.2 Å². The maximum absolute atomic E-state index is 5.46. The van der Waals surface area contributed by atoms with E-state index in [1.807, 2.05) is 0 Å². The summed E-state index contributed by atoms with van der Waals surface area (Å²) < 4.78 is 4.89. The lowest BCUT2D eigenvalue weighted by atomic mass is 9.86. The highest BCUT2D eigenvalue weighted by molar-refractivity contribution is 6.19. The van der Waals surface area contributed by atoms with Gasteiger partial charge in [0.2, 0.25) is 0 Å². The first-order chi connectivity index (χ1) is 29.8. The van der Waals surface area contributed by atoms with Gasteiger partial charge in [0, 0.05) is 44.4 Å². The van der Waals surface area contributed by atoms with E-state index in [1.165, 1.54) is 82.7 Å². The average Bonchev–Trinajstić information content (AvgIpc) is 3.95. The number of allylic oxidation sites excluding steroid dienone is 1. The summed E-state index contributed by atoms with van der Waals surface area (Å²) in [5, 5.41) is 6.40. The van der Waals surface area contributed by atoms with Crippen LogP contribution in [-0.2, 0) is 6.42 Å². The highest BCUT2D eigenvalue weighted by Gasteiger charge is 2.41. The predicted octanol–water partition coefficient (Wildman–Crippen LogP) is 13.6. The summed E-state index contributed by atoms with van der Waals surface area (Å²) in [7, 11) is 0. The molecule has 0 spiro atoms. The molecular weight excluding hydrogens is 729 g/mol. The van der Waals surface area contributed by atoms with E-state index in [1.54, 1.807) is 0 Å². The monoisotopic (exact) mass is 766 g/mol. The van der Waals surface area contributed by atoms with E-state index in [4.69, 9.17) is 9.98 Å². The Kier molecular flexibility index (Phi) is 7.23. The highest BCUT2D eigenvalue weighted by atomic mass is 15.0. The van der Waals surface area contributed by atoms with Crippen LogP contribution in [0.5, 0.6) is 0 Å². The van der Waals surface area contributed by atoms with E-state index in [2.05, 4.69) is 203 Å². The summed E-state index contributed by atoms with van der Waals surface area (Å²) in [4.78, 5) is 10.9. The number of nitrogens with zero attached hydrogens (tertiary/aromatic N) is 4. The van der Waals surface area contributed by atoms with Crippen LogP contribution in [0.2, 0.25) is 0 Å². The van der Waals surface area contributed by atoms with Crippen molar-refractivity contribution in [3.63, 3.8) is 0 Å². The van der Waals surface area contributed by atoms with Gasteiger partial charge in [0.05, 0.1) is 34.2 Å². The lowest BCUT2D eigenvalue weighted by molar-refractivity contribution is 0.698. The fraction of sp³-hybridized carbons (Fsp3) is 0.0714. The average molecular weight is 767 g/mol. The number of hydrogen-bond donors (Lipinski definition) is 0. The van der Waals surface area contributed by atoms with E-state index in [9.17, 15) is 0 Å². The minimum Gasteiger partial charge on any atom is -0.313 e. The Morgan fingerprint density at radius 1 is 0.483 bits per heavy atom. The number of rotatable bonds is 5. The summed E-state index contributed by atoms with van der Waals surface area (Å²) in [6.45, 7) is 0. The number of hydrogen-bond acceptors (Lipinski definition) is 2. The second-order valence-electron chi connectivity index (χ2n) is 16.4. The Hall–Kier alpha value is -7.56. The second kappa shape index (κ2) is 13.0. The third-order valence-corrected chi connectivity index (χ3v) is 13.1. The molecule has 0 saturated heterocycles. The molecule has 4 heteroatoms. The number of fused-ring (bicyclic) bond motifs is 9. The van der Waals surface area contributed by atoms with Crippen molar-refractivity contribution in [1.82, 2.24) is 9.13 Å². The van der Waals surface area contributed by atoms with Gasteiger partial charge in [-0.2, -0.15) is 0 Å². The molecule has 0 fully saturated rings. The van der Waals surface area contributed by atoms with Crippen molar-refractivity contribution in [2.45, 2.75) is 24.8 Å². The van der Waals surface area contributed by atoms with Crippen LogP contribution in [-0.4, -0.2) is 20.7 Å². The minimum absolute atomic E-state index is 0.0321. The molecule has 60 heavy (non-hydrogen) atoms. The number of amidine groups is 1. The zero-order chi connectivity index (χ0) is 39.3. The molecule has 3 aliphatic rings. The SMILES string of the molecule is C1=Cc2c(n(-c3cccc(C4=NC(c5ccccc5)=NC5c6cccc7cccc(c67)C45)c3)c3ccc(-c4ccc5c(c4)c4ccccc4n5-c4ccccc4)cc23)CC1. The maximum atomic E-state index is 5.46. The summed E-state index contributed by atoms with van der Waals surface area (Å²) >= 11 is 0. The number of aliphatic imine (C=N–C) groups is 2. The van der Waals surface area contributed by atoms with Crippen molar-refractivity contribution in [1.29, 1.82) is 0 Å². The second-order valence-corrected chi connectivity index (χ2v) is 16.4. The summed E-state index contributed by atoms with van der Waals surface area (Å²) in [6.07, 6.45) is 6.68. The maximum Gasteiger partial charge on any atom is 0.155 e. The Bertz CT molecular complexity index is 3480. The molecule has 282 valence electrons. The fourth-order valence-corrected chi connectivity index (χ4v) is 10.5. The first-order valence-electron chi connectivity index (χ1n) is 21.0. The van der Waals surface area contributed by atoms with Gasteiger partial charge in [0.1, 0.15) is 0 Å². The molecule has 8 aromatic carbocycles. The summed E-state index contributed by atoms with van der Waals surface area (Å²) in [6, 6.07) is 66.4. The lowest BCUT2D eigenvalue weighted by Gasteiger charge is -2.26. The van der Waals surface area contributed by atoms with E-state index >= 15 is 0 Å². The molecule has 2 aliphatic carbocycles. The molecule has 3 heterocycles. The van der Waals surface area contributed by atoms with Crippen LogP contribution in [0.25, 0.3) is 72.1 Å². The standard InChI is InChI=1S/C56H38N4/c1-3-14-36(15-4-1)56-57-54(53-44-24-12-16-35-17-13-25-45(52(35)44)55(53)58-56)39-18-11-21-41(32-39)60-49-27-10-8-23-43(49)47-34-38(29-31-51(47)60)37-28-30-50-46(33-37)42-22-7-9-26-48(42)59(50)40-19-5-2-6-20-40/h1-9,11-26,28-34,53,55H,10,27H2. The smallest absolute Gasteiger partial charge is 0.155 e. The Morgan fingerprint density at radius 3 is 1.98 bits per heavy atom. The van der Waals surface area contributed by atoms with Crippen LogP contribution < -0.4 is 0 Å². The predicted molar refractivity (Wildman–Crippen MR) is 249 cm³/mol. The van der Waals surface area contributed by atoms with Crippen LogP contribution in [0.1, 0.15) is 51.9 Å². The molecular formula is C56H38N4. The molecule has 0 N–H and O–H groups in total. The Labute approximate surface area is 347 Å². The molecule has 0 amide bonds. The Morgan fingerprint density at radius 2 is 1.15 bits per heavy atom. The van der Waals surface area contributed by atoms with E-state index in [0.29, 0.717) is 0 Å². The third kappa shape index (κ3) is 4.91. The quantitative estimate of drug-likeness (QED) is 0.167. The van der Waals surface area contributed by atoms with Crippen LogP contribution in [0, 0.1) is 0 Å². The van der Waals surface area contributed by atoms with Crippen molar-refractivity contribution >= 4 is 61.1 Å². The van der Waals surface area contributed by atoms with Gasteiger partial charge in [-0.15, -0.1) is 0 Å². The lowest BCUT2D eigenvalue weighted by Crippen LogP contribution is -2.24. The van der Waals surface area contributed by atoms with Gasteiger partial charge >= 0.3 is 0 Å². The highest BCUT2D eigenvalue weighted by Crippen LogP contribution is 2.51. The number of para-hydroxylation sites is 2. The van der Waals surface area contributed by atoms with Crippen molar-refractivity contribution in [3.05, 3.63) is 222 Å². The van der Waals surface area contributed by atoms with Gasteiger partial charge in [-0.1, -0.05) is 140 Å². The van der Waals surface area contributed by atoms with Crippen molar-refractivity contribution in [2.75, 3.05) is 0 Å². The third-order valence-electron chi connectivity index (χ3n) is 13.1. The first kappa shape index (κ1) is 33.4. The number of benzene rings is 8. The molecule has 0 bridgehead atoms. The Balaban J connectivity index is 0.952. The zero-order valence-electron chi connectivity index (χ0n) is 32.8. The van der Waals surface area contributed by atoms with Crippen molar-refractivity contribution in [2.24, 2.45) is 9.98 Å². The van der Waals surface area contributed by atoms with Crippen molar-refractivity contribution in [3.8, 4) is 22.5 Å². The topological polar surface area (TPSA) is 34.6 Å². The van der Waals surface area contributed by atoms with Gasteiger partial charge in [0.25, 0.3) is 0 Å². The minimum atomic E-state index is -0.0321. The first-order valence-corrected chi connectivity index (χ1v) is 21.0. The zero-order valence-corrected chi connectivity index (χ0v) is 32.8. The molecule has 2 aromatic heterocycles. The summed E-state index contributed by atoms with van der Waals surface area (Å²) in [5.74, 6) is 0.833. The van der Waals surface area contributed by atoms with Crippen LogP contribution in [0.3, 0.4) is 0 Å². The summed E-state index contributed by atoms with van der Waals surface area (Å²) in [5.41, 5.74) is 17.0. The normalized spacial score (nSPS) is 16.7. The van der Waals surface area contributed by atoms with Crippen LogP contribution >= 0.6 is 0 Å². The van der Waals surface area contributed by atoms with Gasteiger partial charge < -0.3 is 9.13 Å². The number of aromatic nitrogens is 2. The fourth-order valence-electron chi connectivity index (χ4n) is 10.5. The van der Waals surface area contributed by atoms with Gasteiger partial charge in [0.15, 0.2) is 5.84 Å². The van der Waals surface area contributed by atoms with Crippen molar-refractivity contribution < 1.29 is 0 Å². The van der Waals surface area contributed by atoms with Crippen LogP contribution in [0.15, 0.2) is 198 Å². The van der Waals surface area contributed by atoms with E-state index in [-0.39, 0.29) is 12.0 Å². The van der Waals surface area contributed by atoms with Gasteiger partial charge in [-0.05, 0) is 106 Å². The van der Waals surface area contributed by atoms with E-state index < -0.39 is 0 Å². The molecule has 4 nitrogen and oxygen atoms in total. The van der Waals surface area contributed by atoms with Crippen LogP contribution in [0.4, 0.5) is 0 Å². The molecule has 2 atom stereocenters. The molecule has 13 rings (SSSR count). The molecule has 2 unspecified atom stereocenters. The van der Waals surface area contributed by atoms with Gasteiger partial charge in [-0.3, -0.25) is 4.99 Å². The van der Waals surface area contributed by atoms with Gasteiger partial charge in [-0.25, -0.2) is 4.99 Å². The molecule has 0 saturated carbocycles. The molecule has 0 radical (unpaired) electrons. The molecule has 1 aliphatic heterocycles. The molecule has 10 aromatic rings. The largest absolute Gasteiger partial charge is 0.313 e.